The molecule has 0 heterocycles. The smallest absolute Gasteiger partial charge is 0.350 e. The van der Waals surface area contributed by atoms with Gasteiger partial charge in [0.2, 0.25) is 0 Å². The van der Waals surface area contributed by atoms with Crippen LogP contribution in [-0.2, 0) is 6.18 Å². The number of carbonyl (C=O) groups is 1. The molecule has 1 rings (SSSR count). The van der Waals surface area contributed by atoms with Crippen molar-refractivity contribution >= 4 is 11.6 Å². The average Bonchev–Trinajstić information content (AvgIpc) is 2.42. The van der Waals surface area contributed by atoms with Crippen molar-refractivity contribution in [3.05, 3.63) is 39.4 Å². The summed E-state index contributed by atoms with van der Waals surface area (Å²) in [7, 11) is 3.57. The second-order valence-corrected chi connectivity index (χ2v) is 5.05. The molecule has 1 unspecified atom stereocenters. The molecule has 0 saturated heterocycles. The zero-order valence-corrected chi connectivity index (χ0v) is 12.3. The van der Waals surface area contributed by atoms with Gasteiger partial charge in [-0.3, -0.25) is 14.9 Å². The van der Waals surface area contributed by atoms with Gasteiger partial charge in [0.05, 0.1) is 10.5 Å². The Morgan fingerprint density at radius 2 is 1.95 bits per heavy atom. The summed E-state index contributed by atoms with van der Waals surface area (Å²) < 4.78 is 38.2. The largest absolute Gasteiger partial charge is 0.416 e. The molecule has 0 aliphatic heterocycles. The monoisotopic (exact) mass is 319 g/mol. The van der Waals surface area contributed by atoms with Gasteiger partial charge in [0.1, 0.15) is 0 Å². The highest BCUT2D eigenvalue weighted by Gasteiger charge is 2.33. The van der Waals surface area contributed by atoms with Crippen LogP contribution in [0.5, 0.6) is 0 Å². The third kappa shape index (κ3) is 4.69. The fourth-order valence-corrected chi connectivity index (χ4v) is 1.54. The number of nitro groups is 1. The minimum atomic E-state index is -4.77. The van der Waals surface area contributed by atoms with Crippen molar-refractivity contribution in [2.45, 2.75) is 19.1 Å². The summed E-state index contributed by atoms with van der Waals surface area (Å²) in [4.78, 5) is 23.5. The summed E-state index contributed by atoms with van der Waals surface area (Å²) in [6.45, 7) is 2.02. The minimum Gasteiger partial charge on any atom is -0.350 e. The number of hydrogen-bond acceptors (Lipinski definition) is 4. The van der Waals surface area contributed by atoms with Crippen LogP contribution < -0.4 is 5.32 Å². The van der Waals surface area contributed by atoms with E-state index in [2.05, 4.69) is 5.32 Å². The summed E-state index contributed by atoms with van der Waals surface area (Å²) in [6.07, 6.45) is -4.77. The first-order chi connectivity index (χ1) is 10.0. The van der Waals surface area contributed by atoms with Crippen LogP contribution in [-0.4, -0.2) is 42.4 Å². The third-order valence-corrected chi connectivity index (χ3v) is 3.16. The van der Waals surface area contributed by atoms with E-state index in [1.165, 1.54) is 0 Å². The number of amides is 1. The molecular formula is C13H16F3N3O3. The van der Waals surface area contributed by atoms with E-state index < -0.39 is 33.8 Å². The fourth-order valence-electron chi connectivity index (χ4n) is 1.54. The SMILES string of the molecule is CC(CNC(=O)c1cc([N+](=O)[O-])cc(C(F)(F)F)c1)N(C)C. The Morgan fingerprint density at radius 1 is 1.36 bits per heavy atom. The Hall–Kier alpha value is -2.16. The maximum atomic E-state index is 12.7. The summed E-state index contributed by atoms with van der Waals surface area (Å²) in [6, 6.07) is 1.79. The van der Waals surface area contributed by atoms with Crippen molar-refractivity contribution in [3.8, 4) is 0 Å². The number of alkyl halides is 3. The van der Waals surface area contributed by atoms with Crippen LogP contribution in [0.15, 0.2) is 18.2 Å². The van der Waals surface area contributed by atoms with Gasteiger partial charge in [-0.2, -0.15) is 13.2 Å². The highest BCUT2D eigenvalue weighted by molar-refractivity contribution is 5.95. The molecule has 1 amide bonds. The first-order valence-corrected chi connectivity index (χ1v) is 6.33. The molecule has 0 fully saturated rings. The van der Waals surface area contributed by atoms with E-state index in [1.807, 2.05) is 11.8 Å². The Kier molecular flexibility index (Phi) is 5.48. The number of rotatable bonds is 5. The number of likely N-dealkylation sites (N-methyl/N-ethyl adjacent to an activating group) is 1. The molecule has 0 bridgehead atoms. The standard InChI is InChI=1S/C13H16F3N3O3/c1-8(18(2)3)7-17-12(20)9-4-10(13(14,15)16)6-11(5-9)19(21)22/h4-6,8H,7H2,1-3H3,(H,17,20). The van der Waals surface area contributed by atoms with Crippen molar-refractivity contribution in [1.82, 2.24) is 10.2 Å². The van der Waals surface area contributed by atoms with Crippen LogP contribution in [0.25, 0.3) is 0 Å². The van der Waals surface area contributed by atoms with Gasteiger partial charge in [-0.1, -0.05) is 0 Å². The molecule has 0 saturated carbocycles. The maximum Gasteiger partial charge on any atom is 0.416 e. The number of non-ortho nitro benzene ring substituents is 1. The predicted octanol–water partition coefficient (Wildman–Crippen LogP) is 2.29. The van der Waals surface area contributed by atoms with E-state index in [0.29, 0.717) is 12.1 Å². The molecule has 0 aliphatic carbocycles. The second kappa shape index (κ2) is 6.73. The first kappa shape index (κ1) is 17.9. The lowest BCUT2D eigenvalue weighted by Crippen LogP contribution is -2.38. The topological polar surface area (TPSA) is 75.5 Å². The van der Waals surface area contributed by atoms with E-state index in [-0.39, 0.29) is 12.6 Å². The van der Waals surface area contributed by atoms with Gasteiger partial charge in [-0.25, -0.2) is 0 Å². The highest BCUT2D eigenvalue weighted by Crippen LogP contribution is 2.32. The molecule has 1 atom stereocenters. The number of halogens is 3. The molecule has 0 spiro atoms. The number of nitrogens with one attached hydrogen (secondary N) is 1. The lowest BCUT2D eigenvalue weighted by atomic mass is 10.1. The molecule has 9 heteroatoms. The Bertz CT molecular complexity index is 573. The van der Waals surface area contributed by atoms with Crippen LogP contribution in [0, 0.1) is 10.1 Å². The van der Waals surface area contributed by atoms with Crippen molar-refractivity contribution in [1.29, 1.82) is 0 Å². The lowest BCUT2D eigenvalue weighted by Gasteiger charge is -2.20. The number of carbonyl (C=O) groups excluding carboxylic acids is 1. The van der Waals surface area contributed by atoms with Gasteiger partial charge < -0.3 is 10.2 Å². The Balaban J connectivity index is 3.05. The number of nitro benzene ring substituents is 1. The molecule has 1 aromatic rings. The maximum absolute atomic E-state index is 12.7. The summed E-state index contributed by atoms with van der Waals surface area (Å²) >= 11 is 0. The fraction of sp³-hybridized carbons (Fsp3) is 0.462. The zero-order chi connectivity index (χ0) is 17.1. The van der Waals surface area contributed by atoms with E-state index in [4.69, 9.17) is 0 Å². The van der Waals surface area contributed by atoms with Crippen LogP contribution in [0.2, 0.25) is 0 Å². The van der Waals surface area contributed by atoms with Crippen LogP contribution in [0.1, 0.15) is 22.8 Å². The van der Waals surface area contributed by atoms with Gasteiger partial charge in [-0.05, 0) is 27.1 Å². The van der Waals surface area contributed by atoms with Gasteiger partial charge in [0, 0.05) is 30.3 Å². The molecule has 22 heavy (non-hydrogen) atoms. The Morgan fingerprint density at radius 3 is 2.41 bits per heavy atom. The molecule has 0 aromatic heterocycles. The normalized spacial score (nSPS) is 13.0. The van der Waals surface area contributed by atoms with Crippen LogP contribution in [0.4, 0.5) is 18.9 Å². The first-order valence-electron chi connectivity index (χ1n) is 6.33. The third-order valence-electron chi connectivity index (χ3n) is 3.16. The second-order valence-electron chi connectivity index (χ2n) is 5.05. The van der Waals surface area contributed by atoms with Crippen molar-refractivity contribution < 1.29 is 22.9 Å². The van der Waals surface area contributed by atoms with Gasteiger partial charge >= 0.3 is 6.18 Å². The van der Waals surface area contributed by atoms with Crippen molar-refractivity contribution in [2.75, 3.05) is 20.6 Å². The van der Waals surface area contributed by atoms with Crippen LogP contribution in [0.3, 0.4) is 0 Å². The van der Waals surface area contributed by atoms with Gasteiger partial charge in [0.15, 0.2) is 0 Å². The summed E-state index contributed by atoms with van der Waals surface area (Å²) in [5.41, 5.74) is -2.40. The minimum absolute atomic E-state index is 0.0373. The van der Waals surface area contributed by atoms with E-state index >= 15 is 0 Å². The molecule has 0 radical (unpaired) electrons. The lowest BCUT2D eigenvalue weighted by molar-refractivity contribution is -0.385. The summed E-state index contributed by atoms with van der Waals surface area (Å²) in [5.74, 6) is -0.789. The molecule has 1 N–H and O–H groups in total. The quantitative estimate of drug-likeness (QED) is 0.667. The van der Waals surface area contributed by atoms with Gasteiger partial charge in [0.25, 0.3) is 11.6 Å². The van der Waals surface area contributed by atoms with E-state index in [9.17, 15) is 28.1 Å². The van der Waals surface area contributed by atoms with E-state index in [1.54, 1.807) is 14.1 Å². The molecule has 1 aromatic carbocycles. The van der Waals surface area contributed by atoms with Gasteiger partial charge in [-0.15, -0.1) is 0 Å². The van der Waals surface area contributed by atoms with Crippen LogP contribution >= 0.6 is 0 Å². The predicted molar refractivity (Wildman–Crippen MR) is 73.6 cm³/mol. The molecule has 0 aliphatic rings. The summed E-state index contributed by atoms with van der Waals surface area (Å²) in [5, 5.41) is 13.2. The number of hydrogen-bond donors (Lipinski definition) is 1. The van der Waals surface area contributed by atoms with Crippen molar-refractivity contribution in [2.24, 2.45) is 0 Å². The molecular weight excluding hydrogens is 303 g/mol. The Labute approximate surface area is 125 Å². The number of nitrogens with zero attached hydrogens (tertiary/aromatic N) is 2. The highest BCUT2D eigenvalue weighted by atomic mass is 19.4. The molecule has 6 nitrogen and oxygen atoms in total. The van der Waals surface area contributed by atoms with E-state index in [0.717, 1.165) is 6.07 Å². The van der Waals surface area contributed by atoms with Crippen molar-refractivity contribution in [3.63, 3.8) is 0 Å². The average molecular weight is 319 g/mol. The number of benzene rings is 1. The zero-order valence-electron chi connectivity index (χ0n) is 12.3. The molecule has 122 valence electrons.